The highest BCUT2D eigenvalue weighted by Gasteiger charge is 2.12. The number of aliphatic hydroxyl groups is 1. The minimum Gasteiger partial charge on any atom is -0.466 e. The Kier molecular flexibility index (Phi) is 9.18. The van der Waals surface area contributed by atoms with Crippen LogP contribution in [0.15, 0.2) is 0 Å². The second kappa shape index (κ2) is 9.57. The van der Waals surface area contributed by atoms with E-state index in [0.29, 0.717) is 26.4 Å². The molecule has 0 bridgehead atoms. The maximum atomic E-state index is 11.0. The highest BCUT2D eigenvalue weighted by Crippen LogP contribution is 1.94. The van der Waals surface area contributed by atoms with Crippen molar-refractivity contribution in [3.05, 3.63) is 0 Å². The lowest BCUT2D eigenvalue weighted by Crippen LogP contribution is -2.37. The monoisotopic (exact) mass is 233 g/mol. The maximum absolute atomic E-state index is 11.0. The minimum absolute atomic E-state index is 0.0300. The van der Waals surface area contributed by atoms with Gasteiger partial charge in [-0.1, -0.05) is 0 Å². The summed E-state index contributed by atoms with van der Waals surface area (Å²) in [5.41, 5.74) is 0. The first-order valence-electron chi connectivity index (χ1n) is 5.74. The van der Waals surface area contributed by atoms with E-state index in [4.69, 9.17) is 9.47 Å². The minimum atomic E-state index is -0.705. The van der Waals surface area contributed by atoms with E-state index in [1.165, 1.54) is 0 Å². The Bertz CT molecular complexity index is 187. The van der Waals surface area contributed by atoms with Crippen LogP contribution < -0.4 is 5.32 Å². The van der Waals surface area contributed by atoms with Crippen LogP contribution in [0.5, 0.6) is 0 Å². The molecule has 0 fully saturated rings. The lowest BCUT2D eigenvalue weighted by Gasteiger charge is -2.16. The van der Waals surface area contributed by atoms with Crippen molar-refractivity contribution in [3.63, 3.8) is 0 Å². The van der Waals surface area contributed by atoms with Crippen molar-refractivity contribution >= 4 is 5.97 Å². The summed E-state index contributed by atoms with van der Waals surface area (Å²) < 4.78 is 9.94. The van der Waals surface area contributed by atoms with Crippen molar-refractivity contribution in [2.24, 2.45) is 0 Å². The standard InChI is InChI=1S/C11H23NO4/c1-4-15-8-9(3)12-7-10(13)6-11(14)16-5-2/h9-10,12-13H,4-8H2,1-3H3. The molecule has 5 nitrogen and oxygen atoms in total. The molecule has 2 unspecified atom stereocenters. The van der Waals surface area contributed by atoms with Crippen LogP contribution in [0.4, 0.5) is 0 Å². The zero-order valence-corrected chi connectivity index (χ0v) is 10.4. The molecule has 0 aliphatic rings. The number of carbonyl (C=O) groups is 1. The summed E-state index contributed by atoms with van der Waals surface area (Å²) in [6.45, 7) is 7.63. The molecule has 0 aromatic heterocycles. The molecule has 96 valence electrons. The van der Waals surface area contributed by atoms with Crippen molar-refractivity contribution in [1.82, 2.24) is 5.32 Å². The van der Waals surface area contributed by atoms with Gasteiger partial charge >= 0.3 is 5.97 Å². The molecule has 0 spiro atoms. The fourth-order valence-electron chi connectivity index (χ4n) is 1.18. The van der Waals surface area contributed by atoms with Crippen LogP contribution in [0.3, 0.4) is 0 Å². The number of hydrogen-bond acceptors (Lipinski definition) is 5. The molecule has 2 atom stereocenters. The third kappa shape index (κ3) is 8.64. The van der Waals surface area contributed by atoms with Gasteiger partial charge in [-0.25, -0.2) is 0 Å². The van der Waals surface area contributed by atoms with Crippen LogP contribution in [0.1, 0.15) is 27.2 Å². The van der Waals surface area contributed by atoms with Gasteiger partial charge in [0, 0.05) is 19.2 Å². The van der Waals surface area contributed by atoms with Crippen LogP contribution in [0, 0.1) is 0 Å². The van der Waals surface area contributed by atoms with Gasteiger partial charge in [-0.15, -0.1) is 0 Å². The molecule has 5 heteroatoms. The topological polar surface area (TPSA) is 67.8 Å². The van der Waals surface area contributed by atoms with Gasteiger partial charge in [0.1, 0.15) is 0 Å². The van der Waals surface area contributed by atoms with Crippen molar-refractivity contribution in [3.8, 4) is 0 Å². The second-order valence-corrected chi connectivity index (χ2v) is 3.63. The number of esters is 1. The predicted octanol–water partition coefficient (Wildman–Crippen LogP) is 0.315. The first-order chi connectivity index (χ1) is 7.60. The summed E-state index contributed by atoms with van der Waals surface area (Å²) in [5, 5.41) is 12.6. The quantitative estimate of drug-likeness (QED) is 0.561. The largest absolute Gasteiger partial charge is 0.466 e. The van der Waals surface area contributed by atoms with Gasteiger partial charge < -0.3 is 19.9 Å². The molecule has 16 heavy (non-hydrogen) atoms. The van der Waals surface area contributed by atoms with Crippen molar-refractivity contribution in [2.75, 3.05) is 26.4 Å². The van der Waals surface area contributed by atoms with E-state index in [2.05, 4.69) is 5.32 Å². The zero-order valence-electron chi connectivity index (χ0n) is 10.4. The summed E-state index contributed by atoms with van der Waals surface area (Å²) >= 11 is 0. The highest BCUT2D eigenvalue weighted by molar-refractivity contribution is 5.69. The summed E-state index contributed by atoms with van der Waals surface area (Å²) in [5.74, 6) is -0.366. The van der Waals surface area contributed by atoms with Gasteiger partial charge in [-0.2, -0.15) is 0 Å². The van der Waals surface area contributed by atoms with Crippen LogP contribution >= 0.6 is 0 Å². The summed E-state index contributed by atoms with van der Waals surface area (Å²) in [6, 6.07) is 0.164. The fraction of sp³-hybridized carbons (Fsp3) is 0.909. The van der Waals surface area contributed by atoms with Crippen molar-refractivity contribution < 1.29 is 19.4 Å². The Hall–Kier alpha value is -0.650. The number of nitrogens with one attached hydrogen (secondary N) is 1. The molecule has 0 heterocycles. The van der Waals surface area contributed by atoms with Gasteiger partial charge in [-0.05, 0) is 20.8 Å². The van der Waals surface area contributed by atoms with E-state index in [-0.39, 0.29) is 18.4 Å². The van der Waals surface area contributed by atoms with Crippen molar-refractivity contribution in [2.45, 2.75) is 39.3 Å². The Balaban J connectivity index is 3.55. The number of aliphatic hydroxyl groups excluding tert-OH is 1. The average molecular weight is 233 g/mol. The summed E-state index contributed by atoms with van der Waals surface area (Å²) in [6.07, 6.45) is -0.675. The van der Waals surface area contributed by atoms with E-state index in [9.17, 15) is 9.90 Å². The smallest absolute Gasteiger partial charge is 0.308 e. The lowest BCUT2D eigenvalue weighted by atomic mass is 10.2. The molecule has 0 saturated heterocycles. The molecular weight excluding hydrogens is 210 g/mol. The van der Waals surface area contributed by atoms with Gasteiger partial charge in [0.25, 0.3) is 0 Å². The molecule has 0 aromatic carbocycles. The highest BCUT2D eigenvalue weighted by atomic mass is 16.5. The SMILES string of the molecule is CCOCC(C)NCC(O)CC(=O)OCC. The number of carbonyl (C=O) groups excluding carboxylic acids is 1. The molecule has 0 aliphatic carbocycles. The predicted molar refractivity (Wildman–Crippen MR) is 61.2 cm³/mol. The van der Waals surface area contributed by atoms with E-state index in [1.807, 2.05) is 13.8 Å². The average Bonchev–Trinajstić information content (AvgIpc) is 2.23. The van der Waals surface area contributed by atoms with Crippen molar-refractivity contribution in [1.29, 1.82) is 0 Å². The third-order valence-electron chi connectivity index (χ3n) is 1.98. The van der Waals surface area contributed by atoms with Gasteiger partial charge in [0.05, 0.1) is 25.7 Å². The number of ether oxygens (including phenoxy) is 2. The lowest BCUT2D eigenvalue weighted by molar-refractivity contribution is -0.145. The number of hydrogen-bond donors (Lipinski definition) is 2. The van der Waals surface area contributed by atoms with Crippen LogP contribution in [-0.2, 0) is 14.3 Å². The molecule has 0 aliphatic heterocycles. The molecule has 0 rings (SSSR count). The molecule has 0 aromatic rings. The third-order valence-corrected chi connectivity index (χ3v) is 1.98. The van der Waals surface area contributed by atoms with E-state index in [1.54, 1.807) is 6.92 Å². The van der Waals surface area contributed by atoms with Gasteiger partial charge in [-0.3, -0.25) is 4.79 Å². The maximum Gasteiger partial charge on any atom is 0.308 e. The molecular formula is C11H23NO4. The molecule has 2 N–H and O–H groups in total. The first kappa shape index (κ1) is 15.3. The Morgan fingerprint density at radius 3 is 2.62 bits per heavy atom. The first-order valence-corrected chi connectivity index (χ1v) is 5.74. The van der Waals surface area contributed by atoms with E-state index >= 15 is 0 Å². The van der Waals surface area contributed by atoms with E-state index < -0.39 is 6.10 Å². The Morgan fingerprint density at radius 2 is 2.06 bits per heavy atom. The Morgan fingerprint density at radius 1 is 1.38 bits per heavy atom. The van der Waals surface area contributed by atoms with E-state index in [0.717, 1.165) is 0 Å². The second-order valence-electron chi connectivity index (χ2n) is 3.63. The van der Waals surface area contributed by atoms with Gasteiger partial charge in [0.2, 0.25) is 0 Å². The van der Waals surface area contributed by atoms with Crippen LogP contribution in [-0.4, -0.2) is 49.6 Å². The summed E-state index contributed by atoms with van der Waals surface area (Å²) in [4.78, 5) is 11.0. The molecule has 0 amide bonds. The Labute approximate surface area is 97.1 Å². The molecule has 0 saturated carbocycles. The molecule has 0 radical (unpaired) electrons. The van der Waals surface area contributed by atoms with Crippen LogP contribution in [0.25, 0.3) is 0 Å². The number of rotatable bonds is 9. The normalized spacial score (nSPS) is 14.5. The zero-order chi connectivity index (χ0) is 12.4. The summed E-state index contributed by atoms with van der Waals surface area (Å²) in [7, 11) is 0. The van der Waals surface area contributed by atoms with Crippen LogP contribution in [0.2, 0.25) is 0 Å². The van der Waals surface area contributed by atoms with Gasteiger partial charge in [0.15, 0.2) is 0 Å². The fourth-order valence-corrected chi connectivity index (χ4v) is 1.18.